The van der Waals surface area contributed by atoms with E-state index in [-0.39, 0.29) is 6.04 Å². The van der Waals surface area contributed by atoms with Crippen LogP contribution < -0.4 is 11.3 Å². The van der Waals surface area contributed by atoms with E-state index in [1.807, 2.05) is 18.2 Å². The fraction of sp³-hybridized carbons (Fsp3) is 0.222. The largest absolute Gasteiger partial charge is 0.270 e. The molecule has 12 heavy (non-hydrogen) atoms. The van der Waals surface area contributed by atoms with Crippen LogP contribution in [0.2, 0.25) is 0 Å². The Hall–Kier alpha value is -1.37. The van der Waals surface area contributed by atoms with E-state index in [0.717, 1.165) is 5.69 Å². The monoisotopic (exact) mass is 161 g/mol. The minimum Gasteiger partial charge on any atom is -0.270 e. The van der Waals surface area contributed by atoms with Gasteiger partial charge in [-0.2, -0.15) is 0 Å². The molecule has 62 valence electrons. The van der Waals surface area contributed by atoms with Gasteiger partial charge in [0, 0.05) is 18.3 Å². The zero-order valence-corrected chi connectivity index (χ0v) is 6.70. The van der Waals surface area contributed by atoms with Gasteiger partial charge in [0.05, 0.1) is 6.04 Å². The van der Waals surface area contributed by atoms with E-state index in [2.05, 4.69) is 16.3 Å². The zero-order chi connectivity index (χ0) is 8.81. The summed E-state index contributed by atoms with van der Waals surface area (Å²) in [6, 6.07) is 5.57. The number of hydrogen-bond donors (Lipinski definition) is 2. The van der Waals surface area contributed by atoms with Crippen molar-refractivity contribution in [3.05, 3.63) is 30.1 Å². The van der Waals surface area contributed by atoms with Crippen LogP contribution in [0.1, 0.15) is 5.69 Å². The van der Waals surface area contributed by atoms with Gasteiger partial charge in [0.15, 0.2) is 0 Å². The summed E-state index contributed by atoms with van der Waals surface area (Å²) in [5.74, 6) is 7.73. The van der Waals surface area contributed by atoms with Gasteiger partial charge in [-0.25, -0.2) is 5.43 Å². The average molecular weight is 161 g/mol. The molecule has 1 heterocycles. The summed E-state index contributed by atoms with van der Waals surface area (Å²) in [6.07, 6.45) is 7.61. The number of hydrogen-bond acceptors (Lipinski definition) is 3. The predicted molar refractivity (Wildman–Crippen MR) is 47.9 cm³/mol. The fourth-order valence-corrected chi connectivity index (χ4v) is 0.894. The molecular weight excluding hydrogens is 150 g/mol. The van der Waals surface area contributed by atoms with Crippen LogP contribution in [0.3, 0.4) is 0 Å². The minimum absolute atomic E-state index is 0.139. The molecule has 0 fully saturated rings. The second kappa shape index (κ2) is 4.50. The van der Waals surface area contributed by atoms with E-state index in [1.54, 1.807) is 6.20 Å². The third-order valence-electron chi connectivity index (χ3n) is 1.54. The van der Waals surface area contributed by atoms with Crippen molar-refractivity contribution in [1.82, 2.24) is 10.4 Å². The average Bonchev–Trinajstić information content (AvgIpc) is 2.16. The van der Waals surface area contributed by atoms with Gasteiger partial charge in [0.25, 0.3) is 0 Å². The number of rotatable bonds is 3. The van der Waals surface area contributed by atoms with Crippen LogP contribution in [0.4, 0.5) is 0 Å². The van der Waals surface area contributed by atoms with Gasteiger partial charge in [-0.15, -0.1) is 6.42 Å². The number of nitrogens with two attached hydrogens (primary N) is 1. The third-order valence-corrected chi connectivity index (χ3v) is 1.54. The van der Waals surface area contributed by atoms with Gasteiger partial charge >= 0.3 is 0 Å². The molecule has 1 aromatic rings. The van der Waals surface area contributed by atoms with Crippen molar-refractivity contribution in [1.29, 1.82) is 0 Å². The van der Waals surface area contributed by atoms with Crippen molar-refractivity contribution in [3.63, 3.8) is 0 Å². The molecule has 1 aromatic heterocycles. The lowest BCUT2D eigenvalue weighted by atomic mass is 10.1. The topological polar surface area (TPSA) is 50.9 Å². The first-order valence-electron chi connectivity index (χ1n) is 3.69. The van der Waals surface area contributed by atoms with Crippen molar-refractivity contribution in [3.8, 4) is 12.3 Å². The fourth-order valence-electron chi connectivity index (χ4n) is 0.894. The lowest BCUT2D eigenvalue weighted by Gasteiger charge is -2.07. The van der Waals surface area contributed by atoms with E-state index in [9.17, 15) is 0 Å². The Bertz CT molecular complexity index is 263. The molecule has 0 aliphatic rings. The zero-order valence-electron chi connectivity index (χ0n) is 6.70. The van der Waals surface area contributed by atoms with Gasteiger partial charge in [-0.3, -0.25) is 10.8 Å². The van der Waals surface area contributed by atoms with E-state index < -0.39 is 0 Å². The van der Waals surface area contributed by atoms with Crippen molar-refractivity contribution < 1.29 is 0 Å². The van der Waals surface area contributed by atoms with Crippen LogP contribution in [0.15, 0.2) is 24.4 Å². The van der Waals surface area contributed by atoms with Crippen LogP contribution in [0, 0.1) is 12.3 Å². The molecule has 0 saturated carbocycles. The van der Waals surface area contributed by atoms with Crippen LogP contribution in [-0.2, 0) is 6.42 Å². The first-order chi connectivity index (χ1) is 5.86. The summed E-state index contributed by atoms with van der Waals surface area (Å²) >= 11 is 0. The SMILES string of the molecule is C#CC(Cc1ccccn1)NN. The molecule has 3 N–H and O–H groups in total. The van der Waals surface area contributed by atoms with E-state index in [0.29, 0.717) is 6.42 Å². The second-order valence-corrected chi connectivity index (χ2v) is 2.41. The summed E-state index contributed by atoms with van der Waals surface area (Å²) in [6.45, 7) is 0. The highest BCUT2D eigenvalue weighted by atomic mass is 15.2. The maximum Gasteiger partial charge on any atom is 0.0870 e. The molecule has 3 heteroatoms. The highest BCUT2D eigenvalue weighted by Gasteiger charge is 2.02. The summed E-state index contributed by atoms with van der Waals surface area (Å²) in [7, 11) is 0. The minimum atomic E-state index is -0.139. The Kier molecular flexibility index (Phi) is 3.27. The first-order valence-corrected chi connectivity index (χ1v) is 3.69. The molecule has 1 unspecified atom stereocenters. The molecule has 0 radical (unpaired) electrons. The van der Waals surface area contributed by atoms with Crippen molar-refractivity contribution in [2.45, 2.75) is 12.5 Å². The van der Waals surface area contributed by atoms with Crippen LogP contribution >= 0.6 is 0 Å². The molecule has 0 aromatic carbocycles. The van der Waals surface area contributed by atoms with E-state index in [1.165, 1.54) is 0 Å². The van der Waals surface area contributed by atoms with Crippen molar-refractivity contribution in [2.24, 2.45) is 5.84 Å². The Morgan fingerprint density at radius 1 is 1.67 bits per heavy atom. The molecule has 0 aliphatic carbocycles. The van der Waals surface area contributed by atoms with Crippen LogP contribution in [0.5, 0.6) is 0 Å². The Morgan fingerprint density at radius 3 is 3.00 bits per heavy atom. The normalized spacial score (nSPS) is 12.0. The molecule has 0 bridgehead atoms. The van der Waals surface area contributed by atoms with Crippen LogP contribution in [0.25, 0.3) is 0 Å². The van der Waals surface area contributed by atoms with Crippen LogP contribution in [-0.4, -0.2) is 11.0 Å². The molecule has 1 rings (SSSR count). The molecule has 0 aliphatic heterocycles. The number of hydrazine groups is 1. The van der Waals surface area contributed by atoms with Gasteiger partial charge in [0.2, 0.25) is 0 Å². The van der Waals surface area contributed by atoms with Crippen molar-refractivity contribution >= 4 is 0 Å². The van der Waals surface area contributed by atoms with Gasteiger partial charge in [-0.05, 0) is 12.1 Å². The number of terminal acetylenes is 1. The number of pyridine rings is 1. The summed E-state index contributed by atoms with van der Waals surface area (Å²) in [5, 5.41) is 0. The van der Waals surface area contributed by atoms with Gasteiger partial charge in [-0.1, -0.05) is 12.0 Å². The van der Waals surface area contributed by atoms with E-state index >= 15 is 0 Å². The third kappa shape index (κ3) is 2.35. The standard InChI is InChI=1S/C9H11N3/c1-2-8(12-10)7-9-5-3-4-6-11-9/h1,3-6,8,12H,7,10H2. The molecule has 0 spiro atoms. The summed E-state index contributed by atoms with van der Waals surface area (Å²) in [4.78, 5) is 4.12. The maximum atomic E-state index is 5.21. The maximum absolute atomic E-state index is 5.21. The molecular formula is C9H11N3. The van der Waals surface area contributed by atoms with E-state index in [4.69, 9.17) is 12.3 Å². The highest BCUT2D eigenvalue weighted by molar-refractivity contribution is 5.10. The lowest BCUT2D eigenvalue weighted by molar-refractivity contribution is 0.626. The number of aromatic nitrogens is 1. The number of nitrogens with zero attached hydrogens (tertiary/aromatic N) is 1. The number of nitrogens with one attached hydrogen (secondary N) is 1. The van der Waals surface area contributed by atoms with Gasteiger partial charge in [0.1, 0.15) is 0 Å². The first kappa shape index (κ1) is 8.72. The molecule has 0 amide bonds. The van der Waals surface area contributed by atoms with Gasteiger partial charge < -0.3 is 0 Å². The smallest absolute Gasteiger partial charge is 0.0870 e. The molecule has 3 nitrogen and oxygen atoms in total. The highest BCUT2D eigenvalue weighted by Crippen LogP contribution is 1.97. The molecule has 1 atom stereocenters. The second-order valence-electron chi connectivity index (χ2n) is 2.41. The molecule has 0 saturated heterocycles. The Labute approximate surface area is 72.0 Å². The quantitative estimate of drug-likeness (QED) is 0.375. The predicted octanol–water partition coefficient (Wildman–Crippen LogP) is 0.0892. The Morgan fingerprint density at radius 2 is 2.50 bits per heavy atom. The Balaban J connectivity index is 2.58. The summed E-state index contributed by atoms with van der Waals surface area (Å²) < 4.78 is 0. The van der Waals surface area contributed by atoms with Crippen molar-refractivity contribution in [2.75, 3.05) is 0 Å². The lowest BCUT2D eigenvalue weighted by Crippen LogP contribution is -2.35. The summed E-state index contributed by atoms with van der Waals surface area (Å²) in [5.41, 5.74) is 3.47.